The summed E-state index contributed by atoms with van der Waals surface area (Å²) in [7, 11) is -3.89. The molecule has 0 spiro atoms. The molecule has 0 N–H and O–H groups in total. The number of hydrogen-bond donors (Lipinski definition) is 0. The number of esters is 1. The van der Waals surface area contributed by atoms with Crippen LogP contribution in [-0.4, -0.2) is 36.2 Å². The predicted molar refractivity (Wildman–Crippen MR) is 69.2 cm³/mol. The van der Waals surface area contributed by atoms with E-state index in [0.717, 1.165) is 6.42 Å². The number of rotatable bonds is 7. The molecule has 7 heteroatoms. The van der Waals surface area contributed by atoms with Crippen LogP contribution in [0.5, 0.6) is 0 Å². The van der Waals surface area contributed by atoms with Gasteiger partial charge in [-0.15, -0.1) is 0 Å². The van der Waals surface area contributed by atoms with Gasteiger partial charge in [0.1, 0.15) is 0 Å². The van der Waals surface area contributed by atoms with Gasteiger partial charge in [-0.05, 0) is 19.4 Å². The van der Waals surface area contributed by atoms with Crippen LogP contribution in [0.1, 0.15) is 33.1 Å². The zero-order valence-corrected chi connectivity index (χ0v) is 11.9. The first-order valence-electron chi connectivity index (χ1n) is 6.21. The van der Waals surface area contributed by atoms with E-state index >= 15 is 0 Å². The van der Waals surface area contributed by atoms with E-state index in [0.29, 0.717) is 6.42 Å². The van der Waals surface area contributed by atoms with Crippen LogP contribution in [0.25, 0.3) is 0 Å². The zero-order chi connectivity index (χ0) is 14.3. The molecule has 0 aliphatic carbocycles. The Labute approximate surface area is 113 Å². The predicted octanol–water partition coefficient (Wildman–Crippen LogP) is 1.37. The Morgan fingerprint density at radius 3 is 2.47 bits per heavy atom. The van der Waals surface area contributed by atoms with Gasteiger partial charge in [0.05, 0.1) is 6.61 Å². The number of sulfone groups is 1. The lowest BCUT2D eigenvalue weighted by atomic mass is 10.2. The number of carbonyl (C=O) groups is 1. The Hall–Kier alpha value is -1.50. The molecular formula is C12H18N2O4S. The number of unbranched alkanes of at least 4 members (excludes halogenated alkanes) is 1. The SMILES string of the molecule is CCCCC(C(=O)OCC)S(=O)(=O)c1ncccn1. The molecule has 0 fully saturated rings. The Morgan fingerprint density at radius 2 is 1.95 bits per heavy atom. The molecule has 0 bridgehead atoms. The van der Waals surface area contributed by atoms with Gasteiger partial charge in [-0.2, -0.15) is 0 Å². The minimum absolute atomic E-state index is 0.145. The summed E-state index contributed by atoms with van der Waals surface area (Å²) in [5.41, 5.74) is 0. The van der Waals surface area contributed by atoms with Crippen molar-refractivity contribution in [1.82, 2.24) is 9.97 Å². The summed E-state index contributed by atoms with van der Waals surface area (Å²) < 4.78 is 29.5. The van der Waals surface area contributed by atoms with E-state index in [2.05, 4.69) is 9.97 Å². The lowest BCUT2D eigenvalue weighted by Gasteiger charge is -2.14. The van der Waals surface area contributed by atoms with Crippen molar-refractivity contribution in [2.75, 3.05) is 6.61 Å². The maximum atomic E-state index is 12.3. The summed E-state index contributed by atoms with van der Waals surface area (Å²) in [5, 5.41) is -1.56. The molecule has 1 rings (SSSR count). The molecule has 106 valence electrons. The molecule has 0 aromatic carbocycles. The lowest BCUT2D eigenvalue weighted by molar-refractivity contribution is -0.142. The Balaban J connectivity index is 3.05. The van der Waals surface area contributed by atoms with Gasteiger partial charge < -0.3 is 4.74 Å². The number of aromatic nitrogens is 2. The molecule has 0 saturated carbocycles. The molecule has 1 unspecified atom stereocenters. The first-order chi connectivity index (χ1) is 9.04. The van der Waals surface area contributed by atoms with Crippen molar-refractivity contribution in [3.8, 4) is 0 Å². The van der Waals surface area contributed by atoms with E-state index in [4.69, 9.17) is 4.74 Å². The molecule has 6 nitrogen and oxygen atoms in total. The second-order valence-corrected chi connectivity index (χ2v) is 5.98. The van der Waals surface area contributed by atoms with Crippen molar-refractivity contribution in [1.29, 1.82) is 0 Å². The van der Waals surface area contributed by atoms with E-state index in [1.165, 1.54) is 18.5 Å². The number of carbonyl (C=O) groups excluding carboxylic acids is 1. The monoisotopic (exact) mass is 286 g/mol. The van der Waals surface area contributed by atoms with Gasteiger partial charge in [-0.3, -0.25) is 4.79 Å². The van der Waals surface area contributed by atoms with Gasteiger partial charge in [0, 0.05) is 12.4 Å². The van der Waals surface area contributed by atoms with Crippen LogP contribution >= 0.6 is 0 Å². The number of nitrogens with zero attached hydrogens (tertiary/aromatic N) is 2. The topological polar surface area (TPSA) is 86.2 Å². The van der Waals surface area contributed by atoms with Crippen LogP contribution in [-0.2, 0) is 19.4 Å². The molecule has 1 aromatic rings. The van der Waals surface area contributed by atoms with E-state index in [1.54, 1.807) is 6.92 Å². The van der Waals surface area contributed by atoms with Gasteiger partial charge in [0.2, 0.25) is 15.0 Å². The fourth-order valence-electron chi connectivity index (χ4n) is 1.58. The summed E-state index contributed by atoms with van der Waals surface area (Å²) in [6.45, 7) is 3.71. The highest BCUT2D eigenvalue weighted by molar-refractivity contribution is 7.92. The fraction of sp³-hybridized carbons (Fsp3) is 0.583. The van der Waals surface area contributed by atoms with Crippen molar-refractivity contribution < 1.29 is 17.9 Å². The smallest absolute Gasteiger partial charge is 0.324 e. The molecule has 1 heterocycles. The lowest BCUT2D eigenvalue weighted by Crippen LogP contribution is -2.33. The van der Waals surface area contributed by atoms with Gasteiger partial charge in [0.25, 0.3) is 0 Å². The third kappa shape index (κ3) is 3.99. The standard InChI is InChI=1S/C12H18N2O4S/c1-3-5-7-10(11(15)18-4-2)19(16,17)12-13-8-6-9-14-12/h6,8-10H,3-5,7H2,1-2H3. The number of ether oxygens (including phenoxy) is 1. The van der Waals surface area contributed by atoms with Crippen LogP contribution in [0, 0.1) is 0 Å². The summed E-state index contributed by atoms with van der Waals surface area (Å²) in [6, 6.07) is 1.52. The van der Waals surface area contributed by atoms with E-state index < -0.39 is 21.1 Å². The fourth-order valence-corrected chi connectivity index (χ4v) is 3.05. The quantitative estimate of drug-likeness (QED) is 0.556. The molecule has 19 heavy (non-hydrogen) atoms. The molecular weight excluding hydrogens is 268 g/mol. The average Bonchev–Trinajstić information content (AvgIpc) is 2.40. The maximum Gasteiger partial charge on any atom is 0.324 e. The first kappa shape index (κ1) is 15.6. The van der Waals surface area contributed by atoms with Crippen molar-refractivity contribution in [3.05, 3.63) is 18.5 Å². The summed E-state index contributed by atoms with van der Waals surface area (Å²) in [6.07, 6.45) is 4.30. The van der Waals surface area contributed by atoms with Gasteiger partial charge in [-0.25, -0.2) is 18.4 Å². The highest BCUT2D eigenvalue weighted by atomic mass is 32.2. The van der Waals surface area contributed by atoms with Crippen LogP contribution in [0.15, 0.2) is 23.6 Å². The minimum Gasteiger partial charge on any atom is -0.465 e. The average molecular weight is 286 g/mol. The maximum absolute atomic E-state index is 12.3. The largest absolute Gasteiger partial charge is 0.465 e. The van der Waals surface area contributed by atoms with Crippen molar-refractivity contribution in [3.63, 3.8) is 0 Å². The van der Waals surface area contributed by atoms with E-state index in [-0.39, 0.29) is 18.2 Å². The molecule has 0 amide bonds. The van der Waals surface area contributed by atoms with E-state index in [1.807, 2.05) is 6.92 Å². The summed E-state index contributed by atoms with van der Waals surface area (Å²) >= 11 is 0. The normalized spacial score (nSPS) is 12.9. The van der Waals surface area contributed by atoms with Crippen LogP contribution in [0.3, 0.4) is 0 Å². The van der Waals surface area contributed by atoms with Gasteiger partial charge in [0.15, 0.2) is 5.25 Å². The third-order valence-electron chi connectivity index (χ3n) is 2.54. The summed E-state index contributed by atoms with van der Waals surface area (Å²) in [4.78, 5) is 19.2. The van der Waals surface area contributed by atoms with Crippen LogP contribution < -0.4 is 0 Å². The summed E-state index contributed by atoms with van der Waals surface area (Å²) in [5.74, 6) is -0.733. The number of hydrogen-bond acceptors (Lipinski definition) is 6. The molecule has 0 aliphatic rings. The first-order valence-corrected chi connectivity index (χ1v) is 7.76. The Kier molecular flexibility index (Phi) is 5.88. The molecule has 1 aromatic heterocycles. The molecule has 0 radical (unpaired) electrons. The zero-order valence-electron chi connectivity index (χ0n) is 11.1. The molecule has 0 saturated heterocycles. The molecule has 1 atom stereocenters. The van der Waals surface area contributed by atoms with Gasteiger partial charge >= 0.3 is 5.97 Å². The van der Waals surface area contributed by atoms with Crippen molar-refractivity contribution in [2.24, 2.45) is 0 Å². The highest BCUT2D eigenvalue weighted by Gasteiger charge is 2.36. The second-order valence-electron chi connectivity index (χ2n) is 3.96. The van der Waals surface area contributed by atoms with Crippen LogP contribution in [0.2, 0.25) is 0 Å². The van der Waals surface area contributed by atoms with E-state index in [9.17, 15) is 13.2 Å². The second kappa shape index (κ2) is 7.18. The van der Waals surface area contributed by atoms with Crippen molar-refractivity contribution in [2.45, 2.75) is 43.5 Å². The minimum atomic E-state index is -3.89. The molecule has 0 aliphatic heterocycles. The highest BCUT2D eigenvalue weighted by Crippen LogP contribution is 2.18. The Morgan fingerprint density at radius 1 is 1.32 bits per heavy atom. The Bertz CT molecular complexity index is 502. The van der Waals surface area contributed by atoms with Crippen molar-refractivity contribution >= 4 is 15.8 Å². The van der Waals surface area contributed by atoms with Crippen LogP contribution in [0.4, 0.5) is 0 Å². The third-order valence-corrected chi connectivity index (χ3v) is 4.44. The van der Waals surface area contributed by atoms with Gasteiger partial charge in [-0.1, -0.05) is 19.8 Å².